The first-order valence-electron chi connectivity index (χ1n) is 7.01. The molecule has 4 rings (SSSR count). The monoisotopic (exact) mass is 312 g/mol. The van der Waals surface area contributed by atoms with Crippen molar-refractivity contribution in [3.8, 4) is 11.6 Å². The Kier molecular flexibility index (Phi) is 2.87. The van der Waals surface area contributed by atoms with Gasteiger partial charge in [-0.15, -0.1) is 0 Å². The molecule has 0 amide bonds. The molecular weight excluding hydrogens is 300 g/mol. The molecule has 0 bridgehead atoms. The van der Waals surface area contributed by atoms with Gasteiger partial charge in [-0.2, -0.15) is 0 Å². The first-order chi connectivity index (χ1) is 10.6. The largest absolute Gasteiger partial charge is 0.493 e. The van der Waals surface area contributed by atoms with Crippen LogP contribution in [0.1, 0.15) is 16.8 Å². The van der Waals surface area contributed by atoms with Crippen LogP contribution >= 0.6 is 11.6 Å². The Morgan fingerprint density at radius 1 is 1.00 bits per heavy atom. The smallest absolute Gasteiger partial charge is 0.336 e. The van der Waals surface area contributed by atoms with E-state index < -0.39 is 0 Å². The van der Waals surface area contributed by atoms with Crippen LogP contribution in [0.4, 0.5) is 0 Å². The van der Waals surface area contributed by atoms with Crippen molar-refractivity contribution in [2.24, 2.45) is 0 Å². The number of benzene rings is 2. The van der Waals surface area contributed by atoms with E-state index in [0.717, 1.165) is 11.1 Å². The van der Waals surface area contributed by atoms with Gasteiger partial charge < -0.3 is 5.11 Å². The van der Waals surface area contributed by atoms with Crippen molar-refractivity contribution in [1.82, 2.24) is 9.13 Å². The van der Waals surface area contributed by atoms with Crippen molar-refractivity contribution in [3.05, 3.63) is 80.9 Å². The summed E-state index contributed by atoms with van der Waals surface area (Å²) in [5.41, 5.74) is 3.29. The SMILES string of the molecule is O=c1n2c(c(O)n1-c1ccc(Cl)cc1)Cc1ccccc1C2. The Balaban J connectivity index is 1.90. The standard InChI is InChI=1S/C17H13ClN2O2/c18-13-5-7-14(8-6-13)20-16(21)15-9-11-3-1-2-4-12(11)10-19(15)17(20)22/h1-8,21H,9-10H2. The summed E-state index contributed by atoms with van der Waals surface area (Å²) in [6.45, 7) is 0.485. The maximum Gasteiger partial charge on any atom is 0.336 e. The molecule has 0 aliphatic carbocycles. The van der Waals surface area contributed by atoms with E-state index in [2.05, 4.69) is 0 Å². The number of imidazole rings is 1. The number of fused-ring (bicyclic) bond motifs is 2. The summed E-state index contributed by atoms with van der Waals surface area (Å²) in [7, 11) is 0. The molecule has 110 valence electrons. The molecule has 0 fully saturated rings. The molecule has 4 nitrogen and oxygen atoms in total. The van der Waals surface area contributed by atoms with Gasteiger partial charge in [0, 0.05) is 11.4 Å². The molecular formula is C17H13ClN2O2. The summed E-state index contributed by atoms with van der Waals surface area (Å²) < 4.78 is 2.96. The molecule has 0 saturated carbocycles. The third-order valence-corrected chi connectivity index (χ3v) is 4.36. The van der Waals surface area contributed by atoms with E-state index in [1.807, 2.05) is 24.3 Å². The van der Waals surface area contributed by atoms with Gasteiger partial charge in [0.2, 0.25) is 5.88 Å². The number of halogens is 1. The van der Waals surface area contributed by atoms with E-state index in [-0.39, 0.29) is 11.6 Å². The van der Waals surface area contributed by atoms with Crippen LogP contribution in [0.3, 0.4) is 0 Å². The molecule has 0 unspecified atom stereocenters. The van der Waals surface area contributed by atoms with Gasteiger partial charge in [0.25, 0.3) is 0 Å². The molecule has 0 radical (unpaired) electrons. The predicted molar refractivity (Wildman–Crippen MR) is 85.1 cm³/mol. The zero-order chi connectivity index (χ0) is 15.3. The number of aromatic nitrogens is 2. The lowest BCUT2D eigenvalue weighted by Gasteiger charge is -2.17. The summed E-state index contributed by atoms with van der Waals surface area (Å²) in [5, 5.41) is 11.1. The van der Waals surface area contributed by atoms with Crippen LogP contribution in [-0.2, 0) is 13.0 Å². The Labute approximate surface area is 131 Å². The topological polar surface area (TPSA) is 47.2 Å². The molecule has 2 heterocycles. The fourth-order valence-electron chi connectivity index (χ4n) is 2.97. The zero-order valence-electron chi connectivity index (χ0n) is 11.7. The molecule has 1 aliphatic rings. The molecule has 1 N–H and O–H groups in total. The molecule has 3 aromatic rings. The van der Waals surface area contributed by atoms with E-state index in [1.54, 1.807) is 28.8 Å². The van der Waals surface area contributed by atoms with Gasteiger partial charge in [-0.1, -0.05) is 35.9 Å². The fourth-order valence-corrected chi connectivity index (χ4v) is 3.10. The Morgan fingerprint density at radius 2 is 1.68 bits per heavy atom. The normalized spacial score (nSPS) is 12.8. The average molecular weight is 313 g/mol. The van der Waals surface area contributed by atoms with Crippen molar-refractivity contribution < 1.29 is 5.11 Å². The van der Waals surface area contributed by atoms with Crippen molar-refractivity contribution in [2.45, 2.75) is 13.0 Å². The van der Waals surface area contributed by atoms with Crippen LogP contribution in [0, 0.1) is 0 Å². The van der Waals surface area contributed by atoms with Gasteiger partial charge in [0.1, 0.15) is 0 Å². The highest BCUT2D eigenvalue weighted by molar-refractivity contribution is 6.30. The number of nitrogens with zero attached hydrogens (tertiary/aromatic N) is 2. The Hall–Kier alpha value is -2.46. The minimum Gasteiger partial charge on any atom is -0.493 e. The number of rotatable bonds is 1. The molecule has 0 saturated heterocycles. The molecule has 1 aromatic heterocycles. The first kappa shape index (κ1) is 13.2. The second kappa shape index (κ2) is 4.78. The van der Waals surface area contributed by atoms with Crippen molar-refractivity contribution in [1.29, 1.82) is 0 Å². The summed E-state index contributed by atoms with van der Waals surface area (Å²) in [6.07, 6.45) is 0.553. The van der Waals surface area contributed by atoms with Crippen LogP contribution in [0.25, 0.3) is 5.69 Å². The van der Waals surface area contributed by atoms with Gasteiger partial charge >= 0.3 is 5.69 Å². The summed E-state index contributed by atoms with van der Waals surface area (Å²) in [6, 6.07) is 14.8. The Bertz CT molecular complexity index is 923. The van der Waals surface area contributed by atoms with Crippen molar-refractivity contribution >= 4 is 11.6 Å². The van der Waals surface area contributed by atoms with Crippen molar-refractivity contribution in [2.75, 3.05) is 0 Å². The molecule has 5 heteroatoms. The quantitative estimate of drug-likeness (QED) is 0.587. The Morgan fingerprint density at radius 3 is 2.41 bits per heavy atom. The van der Waals surface area contributed by atoms with Gasteiger partial charge in [-0.25, -0.2) is 9.36 Å². The first-order valence-corrected chi connectivity index (χ1v) is 7.39. The van der Waals surface area contributed by atoms with Gasteiger partial charge in [-0.3, -0.25) is 4.57 Å². The van der Waals surface area contributed by atoms with Gasteiger partial charge in [-0.05, 0) is 35.4 Å². The summed E-state index contributed by atoms with van der Waals surface area (Å²) >= 11 is 5.89. The van der Waals surface area contributed by atoms with Crippen LogP contribution in [0.15, 0.2) is 53.3 Å². The molecule has 0 spiro atoms. The lowest BCUT2D eigenvalue weighted by Crippen LogP contribution is -2.27. The minimum absolute atomic E-state index is 0.00169. The second-order valence-corrected chi connectivity index (χ2v) is 5.83. The highest BCUT2D eigenvalue weighted by atomic mass is 35.5. The maximum atomic E-state index is 12.7. The van der Waals surface area contributed by atoms with Gasteiger partial charge in [0.05, 0.1) is 17.9 Å². The lowest BCUT2D eigenvalue weighted by atomic mass is 9.99. The van der Waals surface area contributed by atoms with E-state index in [1.165, 1.54) is 4.57 Å². The number of hydrogen-bond donors (Lipinski definition) is 1. The third kappa shape index (κ3) is 1.88. The molecule has 22 heavy (non-hydrogen) atoms. The van der Waals surface area contributed by atoms with E-state index in [9.17, 15) is 9.90 Å². The summed E-state index contributed by atoms with van der Waals surface area (Å²) in [5.74, 6) is 0.00169. The second-order valence-electron chi connectivity index (χ2n) is 5.40. The van der Waals surface area contributed by atoms with Crippen LogP contribution in [0.2, 0.25) is 5.02 Å². The summed E-state index contributed by atoms with van der Waals surface area (Å²) in [4.78, 5) is 12.7. The predicted octanol–water partition coefficient (Wildman–Crippen LogP) is 2.95. The van der Waals surface area contributed by atoms with E-state index >= 15 is 0 Å². The van der Waals surface area contributed by atoms with Crippen LogP contribution < -0.4 is 5.69 Å². The molecule has 1 aliphatic heterocycles. The van der Waals surface area contributed by atoms with Crippen LogP contribution in [0.5, 0.6) is 5.88 Å². The van der Waals surface area contributed by atoms with Crippen molar-refractivity contribution in [3.63, 3.8) is 0 Å². The minimum atomic E-state index is -0.232. The van der Waals surface area contributed by atoms with E-state index in [0.29, 0.717) is 29.4 Å². The fraction of sp³-hybridized carbons (Fsp3) is 0.118. The van der Waals surface area contributed by atoms with Crippen LogP contribution in [-0.4, -0.2) is 14.2 Å². The average Bonchev–Trinajstić information content (AvgIpc) is 2.78. The van der Waals surface area contributed by atoms with E-state index in [4.69, 9.17) is 11.6 Å². The number of hydrogen-bond acceptors (Lipinski definition) is 2. The highest BCUT2D eigenvalue weighted by Gasteiger charge is 2.25. The maximum absolute atomic E-state index is 12.7. The molecule has 2 aromatic carbocycles. The third-order valence-electron chi connectivity index (χ3n) is 4.11. The lowest BCUT2D eigenvalue weighted by molar-refractivity contribution is 0.434. The van der Waals surface area contributed by atoms with Gasteiger partial charge in [0.15, 0.2) is 0 Å². The molecule has 0 atom stereocenters. The highest BCUT2D eigenvalue weighted by Crippen LogP contribution is 2.29. The zero-order valence-corrected chi connectivity index (χ0v) is 12.4. The number of aromatic hydroxyl groups is 1.